The van der Waals surface area contributed by atoms with Gasteiger partial charge in [0.05, 0.1) is 5.56 Å². The predicted octanol–water partition coefficient (Wildman–Crippen LogP) is 4.29. The number of phenolic OH excluding ortho intramolecular Hbond substituents is 1. The lowest BCUT2D eigenvalue weighted by Gasteiger charge is -2.03. The van der Waals surface area contributed by atoms with Gasteiger partial charge in [-0.05, 0) is 17.7 Å². The summed E-state index contributed by atoms with van der Waals surface area (Å²) in [5.74, 6) is -0.124. The molecule has 0 aliphatic carbocycles. The molecule has 0 fully saturated rings. The van der Waals surface area contributed by atoms with Crippen LogP contribution in [0.4, 0.5) is 0 Å². The normalized spacial score (nSPS) is 10.0. The zero-order valence-electron chi connectivity index (χ0n) is 11.0. The summed E-state index contributed by atoms with van der Waals surface area (Å²) in [7, 11) is 0. The maximum Gasteiger partial charge on any atom is 0.170 e. The van der Waals surface area contributed by atoms with Crippen LogP contribution in [-0.2, 0) is 0 Å². The van der Waals surface area contributed by atoms with Crippen LogP contribution in [0.1, 0.15) is 30.6 Å². The summed E-state index contributed by atoms with van der Waals surface area (Å²) in [6, 6.07) is 6.50. The van der Waals surface area contributed by atoms with E-state index in [9.17, 15) is 9.90 Å². The number of benzene rings is 1. The minimum atomic E-state index is -0.133. The van der Waals surface area contributed by atoms with Gasteiger partial charge in [0.15, 0.2) is 5.78 Å². The number of para-hydroxylation sites is 1. The molecule has 1 aromatic rings. The number of rotatable bonds is 5. The van der Waals surface area contributed by atoms with Crippen molar-refractivity contribution in [2.45, 2.75) is 20.3 Å². The Hall–Kier alpha value is -2.09. The molecule has 0 spiro atoms. The van der Waals surface area contributed by atoms with Gasteiger partial charge in [-0.2, -0.15) is 0 Å². The highest BCUT2D eigenvalue weighted by atomic mass is 16.3. The minimum absolute atomic E-state index is 0.00881. The van der Waals surface area contributed by atoms with Gasteiger partial charge >= 0.3 is 0 Å². The van der Waals surface area contributed by atoms with Crippen LogP contribution < -0.4 is 0 Å². The number of carbonyl (C=O) groups excluding carboxylic acids is 1. The van der Waals surface area contributed by atoms with Crippen molar-refractivity contribution in [1.82, 2.24) is 0 Å². The zero-order chi connectivity index (χ0) is 14.0. The molecule has 0 radical (unpaired) electrons. The van der Waals surface area contributed by atoms with Gasteiger partial charge in [0.25, 0.3) is 0 Å². The molecule has 0 bridgehead atoms. The van der Waals surface area contributed by atoms with E-state index < -0.39 is 0 Å². The van der Waals surface area contributed by atoms with Crippen LogP contribution in [0.3, 0.4) is 0 Å². The molecule has 2 nitrogen and oxygen atoms in total. The van der Waals surface area contributed by atoms with E-state index >= 15 is 0 Å². The lowest BCUT2D eigenvalue weighted by atomic mass is 10.0. The van der Waals surface area contributed by atoms with Gasteiger partial charge in [0.2, 0.25) is 0 Å². The van der Waals surface area contributed by atoms with Gasteiger partial charge in [0.1, 0.15) is 5.75 Å². The van der Waals surface area contributed by atoms with E-state index in [-0.39, 0.29) is 18.0 Å². The maximum atomic E-state index is 11.8. The molecule has 96 valence electrons. The third kappa shape index (κ3) is 4.83. The standard InChI is InChI=1S/C14H14O2.C2H6/c1-3-7-11(4-2)10-14(16)12-8-5-6-9-13(12)15;1-2/h3-9,15H,1-2,10H2;1-2H3/b11-7+;. The van der Waals surface area contributed by atoms with Crippen molar-refractivity contribution >= 4 is 5.78 Å². The predicted molar refractivity (Wildman–Crippen MR) is 76.9 cm³/mol. The van der Waals surface area contributed by atoms with Gasteiger partial charge in [-0.25, -0.2) is 0 Å². The Bertz CT molecular complexity index is 442. The van der Waals surface area contributed by atoms with E-state index in [0.29, 0.717) is 5.56 Å². The summed E-state index contributed by atoms with van der Waals surface area (Å²) >= 11 is 0. The molecule has 0 aliphatic rings. The molecular formula is C16H20O2. The molecule has 0 atom stereocenters. The van der Waals surface area contributed by atoms with Crippen molar-refractivity contribution < 1.29 is 9.90 Å². The second-order valence-electron chi connectivity index (χ2n) is 3.30. The molecule has 0 unspecified atom stereocenters. The molecule has 1 N–H and O–H groups in total. The number of phenols is 1. The van der Waals surface area contributed by atoms with Crippen LogP contribution in [0, 0.1) is 0 Å². The quantitative estimate of drug-likeness (QED) is 0.619. The summed E-state index contributed by atoms with van der Waals surface area (Å²) in [5, 5.41) is 9.51. The van der Waals surface area contributed by atoms with Crippen molar-refractivity contribution in [1.29, 1.82) is 0 Å². The highest BCUT2D eigenvalue weighted by molar-refractivity contribution is 6.00. The Morgan fingerprint density at radius 1 is 1.28 bits per heavy atom. The van der Waals surface area contributed by atoms with Crippen LogP contribution >= 0.6 is 0 Å². The Labute approximate surface area is 109 Å². The Morgan fingerprint density at radius 2 is 1.89 bits per heavy atom. The Morgan fingerprint density at radius 3 is 2.39 bits per heavy atom. The largest absolute Gasteiger partial charge is 0.507 e. The number of aromatic hydroxyl groups is 1. The van der Waals surface area contributed by atoms with Crippen molar-refractivity contribution in [2.75, 3.05) is 0 Å². The number of hydrogen-bond acceptors (Lipinski definition) is 2. The van der Waals surface area contributed by atoms with Crippen molar-refractivity contribution in [3.63, 3.8) is 0 Å². The van der Waals surface area contributed by atoms with Gasteiger partial charge in [-0.1, -0.05) is 57.4 Å². The lowest BCUT2D eigenvalue weighted by molar-refractivity contribution is 0.0991. The molecule has 0 saturated carbocycles. The van der Waals surface area contributed by atoms with Gasteiger partial charge in [-0.3, -0.25) is 4.79 Å². The number of carbonyl (C=O) groups is 1. The highest BCUT2D eigenvalue weighted by Crippen LogP contribution is 2.19. The first-order chi connectivity index (χ1) is 8.69. The Kier molecular flexibility index (Phi) is 7.95. The average Bonchev–Trinajstić information content (AvgIpc) is 2.41. The van der Waals surface area contributed by atoms with E-state index in [2.05, 4.69) is 13.2 Å². The topological polar surface area (TPSA) is 37.3 Å². The van der Waals surface area contributed by atoms with Crippen LogP contribution in [0.15, 0.2) is 61.2 Å². The molecule has 18 heavy (non-hydrogen) atoms. The first-order valence-electron chi connectivity index (χ1n) is 5.94. The number of allylic oxidation sites excluding steroid dienone is 4. The van der Waals surface area contributed by atoms with Crippen LogP contribution in [0.2, 0.25) is 0 Å². The maximum absolute atomic E-state index is 11.8. The Balaban J connectivity index is 0.00000137. The van der Waals surface area contributed by atoms with E-state index in [4.69, 9.17) is 0 Å². The summed E-state index contributed by atoms with van der Waals surface area (Å²) in [4.78, 5) is 11.8. The van der Waals surface area contributed by atoms with Crippen LogP contribution in [0.5, 0.6) is 5.75 Å². The molecule has 2 heteroatoms. The summed E-state index contributed by atoms with van der Waals surface area (Å²) < 4.78 is 0. The van der Waals surface area contributed by atoms with Crippen molar-refractivity contribution in [3.8, 4) is 5.75 Å². The summed E-state index contributed by atoms with van der Waals surface area (Å²) in [6.45, 7) is 11.2. The van der Waals surface area contributed by atoms with Gasteiger partial charge < -0.3 is 5.11 Å². The summed E-state index contributed by atoms with van der Waals surface area (Å²) in [6.07, 6.45) is 5.16. The van der Waals surface area contributed by atoms with Gasteiger partial charge in [-0.15, -0.1) is 0 Å². The summed E-state index contributed by atoms with van der Waals surface area (Å²) in [5.41, 5.74) is 1.11. The molecule has 0 heterocycles. The first-order valence-corrected chi connectivity index (χ1v) is 5.94. The third-order valence-electron chi connectivity index (χ3n) is 2.16. The van der Waals surface area contributed by atoms with E-state index in [1.165, 1.54) is 6.07 Å². The fourth-order valence-corrected chi connectivity index (χ4v) is 1.34. The molecule has 1 rings (SSSR count). The van der Waals surface area contributed by atoms with Crippen LogP contribution in [-0.4, -0.2) is 10.9 Å². The molecule has 0 aromatic heterocycles. The zero-order valence-corrected chi connectivity index (χ0v) is 11.0. The number of ketones is 1. The van der Waals surface area contributed by atoms with Crippen LogP contribution in [0.25, 0.3) is 0 Å². The number of hydrogen-bond donors (Lipinski definition) is 1. The highest BCUT2D eigenvalue weighted by Gasteiger charge is 2.10. The molecule has 0 amide bonds. The molecule has 1 aromatic carbocycles. The fraction of sp³-hybridized carbons (Fsp3) is 0.188. The second kappa shape index (κ2) is 8.99. The van der Waals surface area contributed by atoms with E-state index in [1.807, 2.05) is 13.8 Å². The SMILES string of the molecule is C=C/C=C(\C=C)CC(=O)c1ccccc1O.CC. The van der Waals surface area contributed by atoms with Crippen molar-refractivity contribution in [2.24, 2.45) is 0 Å². The minimum Gasteiger partial charge on any atom is -0.507 e. The molecule has 0 saturated heterocycles. The third-order valence-corrected chi connectivity index (χ3v) is 2.16. The number of Topliss-reactive ketones (excluding diaryl/α,β-unsaturated/α-hetero) is 1. The first kappa shape index (κ1) is 15.9. The second-order valence-corrected chi connectivity index (χ2v) is 3.30. The molecular weight excluding hydrogens is 224 g/mol. The molecule has 0 aliphatic heterocycles. The van der Waals surface area contributed by atoms with Gasteiger partial charge in [0, 0.05) is 6.42 Å². The van der Waals surface area contributed by atoms with E-state index in [0.717, 1.165) is 5.57 Å². The van der Waals surface area contributed by atoms with Crippen molar-refractivity contribution in [3.05, 3.63) is 66.8 Å². The average molecular weight is 244 g/mol. The smallest absolute Gasteiger partial charge is 0.170 e. The fourth-order valence-electron chi connectivity index (χ4n) is 1.34. The van der Waals surface area contributed by atoms with E-state index in [1.54, 1.807) is 36.4 Å². The lowest BCUT2D eigenvalue weighted by Crippen LogP contribution is -2.00. The monoisotopic (exact) mass is 244 g/mol.